The molecule has 1 aromatic heterocycles. The van der Waals surface area contributed by atoms with E-state index < -0.39 is 10.0 Å². The molecule has 0 aliphatic rings. The molecule has 21 heavy (non-hydrogen) atoms. The molecular formula is C14H18N2O4S. The topological polar surface area (TPSA) is 70.4 Å². The lowest BCUT2D eigenvalue weighted by molar-refractivity contribution is 0.288. The first-order valence-corrected chi connectivity index (χ1v) is 8.46. The lowest BCUT2D eigenvalue weighted by atomic mass is 10.2. The van der Waals surface area contributed by atoms with Gasteiger partial charge in [0.05, 0.1) is 19.5 Å². The Bertz CT molecular complexity index is 722. The Hall–Kier alpha value is -2.02. The van der Waals surface area contributed by atoms with Crippen LogP contribution in [-0.4, -0.2) is 36.8 Å². The first-order chi connectivity index (χ1) is 9.97. The zero-order valence-electron chi connectivity index (χ0n) is 12.2. The Balaban J connectivity index is 2.51. The highest BCUT2D eigenvalue weighted by molar-refractivity contribution is 7.89. The van der Waals surface area contributed by atoms with Gasteiger partial charge in [-0.05, 0) is 32.0 Å². The number of rotatable bonds is 6. The summed E-state index contributed by atoms with van der Waals surface area (Å²) in [5.74, 6) is 1.54. The van der Waals surface area contributed by atoms with E-state index in [9.17, 15) is 8.42 Å². The molecule has 0 fully saturated rings. The van der Waals surface area contributed by atoms with Gasteiger partial charge in [0.1, 0.15) is 0 Å². The van der Waals surface area contributed by atoms with Gasteiger partial charge in [-0.2, -0.15) is 0 Å². The zero-order valence-corrected chi connectivity index (χ0v) is 13.1. The van der Waals surface area contributed by atoms with Gasteiger partial charge >= 0.3 is 0 Å². The molecule has 2 rings (SSSR count). The van der Waals surface area contributed by atoms with Crippen molar-refractivity contribution in [2.24, 2.45) is 0 Å². The van der Waals surface area contributed by atoms with Gasteiger partial charge in [0.25, 0.3) is 0 Å². The largest absolute Gasteiger partial charge is 0.490 e. The summed E-state index contributed by atoms with van der Waals surface area (Å²) >= 11 is 0. The Morgan fingerprint density at radius 2 is 1.81 bits per heavy atom. The van der Waals surface area contributed by atoms with E-state index in [-0.39, 0.29) is 0 Å². The number of ether oxygens (including phenoxy) is 2. The summed E-state index contributed by atoms with van der Waals surface area (Å²) < 4.78 is 35.6. The minimum atomic E-state index is -3.40. The van der Waals surface area contributed by atoms with Crippen LogP contribution in [0.25, 0.3) is 11.4 Å². The Morgan fingerprint density at radius 1 is 1.14 bits per heavy atom. The van der Waals surface area contributed by atoms with Crippen molar-refractivity contribution in [2.75, 3.05) is 19.5 Å². The zero-order chi connectivity index (χ0) is 15.5. The summed E-state index contributed by atoms with van der Waals surface area (Å²) in [7, 11) is -3.40. The van der Waals surface area contributed by atoms with Crippen molar-refractivity contribution in [3.63, 3.8) is 0 Å². The van der Waals surface area contributed by atoms with Gasteiger partial charge in [0.15, 0.2) is 17.3 Å². The van der Waals surface area contributed by atoms with Crippen molar-refractivity contribution >= 4 is 10.0 Å². The fourth-order valence-corrected chi connectivity index (χ4v) is 2.69. The predicted octanol–water partition coefficient (Wildman–Crippen LogP) is 2.16. The maximum Gasteiger partial charge on any atom is 0.237 e. The molecule has 114 valence electrons. The maximum absolute atomic E-state index is 11.7. The maximum atomic E-state index is 11.7. The van der Waals surface area contributed by atoms with Crippen LogP contribution >= 0.6 is 0 Å². The molecule has 0 bridgehead atoms. The molecule has 6 nitrogen and oxygen atoms in total. The normalized spacial score (nSPS) is 11.4. The van der Waals surface area contributed by atoms with Crippen molar-refractivity contribution in [3.05, 3.63) is 30.6 Å². The molecule has 0 saturated carbocycles. The van der Waals surface area contributed by atoms with Gasteiger partial charge in [-0.1, -0.05) is 0 Å². The molecule has 0 radical (unpaired) electrons. The standard InChI is InChI=1S/C14H18N2O4S/c1-4-19-12-7-6-11(10-13(12)20-5-2)14-15-8-9-16(14)21(3,17)18/h6-10H,4-5H2,1-3H3. The molecule has 0 aliphatic heterocycles. The summed E-state index contributed by atoms with van der Waals surface area (Å²) in [6, 6.07) is 5.25. The number of nitrogens with zero attached hydrogens (tertiary/aromatic N) is 2. The predicted molar refractivity (Wildman–Crippen MR) is 80.2 cm³/mol. The Morgan fingerprint density at radius 3 is 2.43 bits per heavy atom. The lowest BCUT2D eigenvalue weighted by Gasteiger charge is -2.12. The minimum Gasteiger partial charge on any atom is -0.490 e. The molecule has 0 saturated heterocycles. The van der Waals surface area contributed by atoms with Gasteiger partial charge in [-0.25, -0.2) is 17.4 Å². The Kier molecular flexibility index (Phi) is 4.52. The number of hydrogen-bond acceptors (Lipinski definition) is 5. The third-order valence-corrected chi connectivity index (χ3v) is 3.78. The third kappa shape index (κ3) is 3.36. The van der Waals surface area contributed by atoms with E-state index in [1.807, 2.05) is 13.8 Å². The van der Waals surface area contributed by atoms with Crippen LogP contribution in [-0.2, 0) is 10.0 Å². The summed E-state index contributed by atoms with van der Waals surface area (Å²) in [6.07, 6.45) is 4.00. The van der Waals surface area contributed by atoms with E-state index in [2.05, 4.69) is 4.98 Å². The van der Waals surface area contributed by atoms with Crippen LogP contribution in [0.4, 0.5) is 0 Å². The molecule has 2 aromatic rings. The van der Waals surface area contributed by atoms with Gasteiger partial charge in [0, 0.05) is 18.0 Å². The van der Waals surface area contributed by atoms with Gasteiger partial charge in [0.2, 0.25) is 10.0 Å². The van der Waals surface area contributed by atoms with Crippen LogP contribution in [0.2, 0.25) is 0 Å². The molecule has 0 unspecified atom stereocenters. The highest BCUT2D eigenvalue weighted by atomic mass is 32.2. The van der Waals surface area contributed by atoms with Crippen molar-refractivity contribution in [1.82, 2.24) is 8.96 Å². The van der Waals surface area contributed by atoms with Crippen LogP contribution in [0.1, 0.15) is 13.8 Å². The molecule has 7 heteroatoms. The van der Waals surface area contributed by atoms with Crippen LogP contribution in [0.3, 0.4) is 0 Å². The first-order valence-electron chi connectivity index (χ1n) is 6.61. The average molecular weight is 310 g/mol. The monoisotopic (exact) mass is 310 g/mol. The highest BCUT2D eigenvalue weighted by Crippen LogP contribution is 2.32. The summed E-state index contributed by atoms with van der Waals surface area (Å²) in [5.41, 5.74) is 0.650. The van der Waals surface area contributed by atoms with Gasteiger partial charge < -0.3 is 9.47 Å². The second-order valence-corrected chi connectivity index (χ2v) is 6.20. The van der Waals surface area contributed by atoms with Crippen molar-refractivity contribution < 1.29 is 17.9 Å². The molecule has 0 atom stereocenters. The summed E-state index contributed by atoms with van der Waals surface area (Å²) in [4.78, 5) is 4.12. The van der Waals surface area contributed by atoms with Crippen LogP contribution in [0.15, 0.2) is 30.6 Å². The SMILES string of the molecule is CCOc1ccc(-c2nccn2S(C)(=O)=O)cc1OCC. The molecular weight excluding hydrogens is 292 g/mol. The number of imidazole rings is 1. The molecule has 0 amide bonds. The van der Waals surface area contributed by atoms with Gasteiger partial charge in [-0.3, -0.25) is 0 Å². The second kappa shape index (κ2) is 6.17. The number of benzene rings is 1. The average Bonchev–Trinajstić information content (AvgIpc) is 2.90. The first kappa shape index (κ1) is 15.4. The Labute approximate surface area is 124 Å². The fraction of sp³-hybridized carbons (Fsp3) is 0.357. The molecule has 0 N–H and O–H groups in total. The summed E-state index contributed by atoms with van der Waals surface area (Å²) in [5, 5.41) is 0. The van der Waals surface area contributed by atoms with Gasteiger partial charge in [-0.15, -0.1) is 0 Å². The van der Waals surface area contributed by atoms with Crippen LogP contribution in [0, 0.1) is 0 Å². The molecule has 0 spiro atoms. The van der Waals surface area contributed by atoms with E-state index >= 15 is 0 Å². The van der Waals surface area contributed by atoms with E-state index in [0.717, 1.165) is 10.2 Å². The van der Waals surface area contributed by atoms with Crippen molar-refractivity contribution in [2.45, 2.75) is 13.8 Å². The smallest absolute Gasteiger partial charge is 0.237 e. The lowest BCUT2D eigenvalue weighted by Crippen LogP contribution is -2.10. The molecule has 1 heterocycles. The highest BCUT2D eigenvalue weighted by Gasteiger charge is 2.15. The van der Waals surface area contributed by atoms with Crippen molar-refractivity contribution in [1.29, 1.82) is 0 Å². The van der Waals surface area contributed by atoms with Crippen molar-refractivity contribution in [3.8, 4) is 22.9 Å². The number of aromatic nitrogens is 2. The second-order valence-electron chi connectivity index (χ2n) is 4.34. The molecule has 0 aliphatic carbocycles. The van der Waals surface area contributed by atoms with E-state index in [4.69, 9.17) is 9.47 Å². The third-order valence-electron chi connectivity index (χ3n) is 2.77. The molecule has 1 aromatic carbocycles. The van der Waals surface area contributed by atoms with E-state index in [1.165, 1.54) is 12.4 Å². The van der Waals surface area contributed by atoms with Crippen LogP contribution < -0.4 is 9.47 Å². The fourth-order valence-electron chi connectivity index (χ4n) is 1.95. The van der Waals surface area contributed by atoms with E-state index in [1.54, 1.807) is 18.2 Å². The van der Waals surface area contributed by atoms with E-state index in [0.29, 0.717) is 36.1 Å². The minimum absolute atomic E-state index is 0.349. The van der Waals surface area contributed by atoms with Crippen LogP contribution in [0.5, 0.6) is 11.5 Å². The quantitative estimate of drug-likeness (QED) is 0.817. The summed E-state index contributed by atoms with van der Waals surface area (Å²) in [6.45, 7) is 4.78. The number of hydrogen-bond donors (Lipinski definition) is 0.